The number of guanidine groups is 1. The van der Waals surface area contributed by atoms with Gasteiger partial charge in [-0.2, -0.15) is 0 Å². The molecular formula is C22H46IN5. The topological polar surface area (TPSA) is 42.9 Å². The van der Waals surface area contributed by atoms with Crippen LogP contribution in [0.25, 0.3) is 0 Å². The summed E-state index contributed by atoms with van der Waals surface area (Å²) in [5, 5.41) is 7.08. The zero-order valence-electron chi connectivity index (χ0n) is 18.9. The number of rotatable bonds is 9. The zero-order chi connectivity index (χ0) is 19.5. The molecule has 2 unspecified atom stereocenters. The van der Waals surface area contributed by atoms with Gasteiger partial charge in [0.2, 0.25) is 0 Å². The van der Waals surface area contributed by atoms with Crippen LogP contribution in [0, 0.1) is 11.8 Å². The molecule has 1 heterocycles. The Kier molecular flexibility index (Phi) is 13.7. The summed E-state index contributed by atoms with van der Waals surface area (Å²) in [6.07, 6.45) is 9.87. The lowest BCUT2D eigenvalue weighted by molar-refractivity contribution is 0.140. The van der Waals surface area contributed by atoms with Crippen molar-refractivity contribution in [3.8, 4) is 0 Å². The third kappa shape index (κ3) is 10.6. The summed E-state index contributed by atoms with van der Waals surface area (Å²) in [5.74, 6) is 2.56. The first-order valence-corrected chi connectivity index (χ1v) is 11.5. The third-order valence-electron chi connectivity index (χ3n) is 6.19. The van der Waals surface area contributed by atoms with E-state index in [4.69, 9.17) is 4.99 Å². The lowest BCUT2D eigenvalue weighted by Gasteiger charge is -2.33. The van der Waals surface area contributed by atoms with E-state index in [0.29, 0.717) is 12.0 Å². The largest absolute Gasteiger partial charge is 0.357 e. The summed E-state index contributed by atoms with van der Waals surface area (Å²) in [6, 6.07) is 0.498. The van der Waals surface area contributed by atoms with Crippen molar-refractivity contribution in [2.75, 3.05) is 52.9 Å². The highest BCUT2D eigenvalue weighted by Crippen LogP contribution is 2.27. The maximum absolute atomic E-state index is 4.89. The van der Waals surface area contributed by atoms with Crippen LogP contribution in [0.4, 0.5) is 0 Å². The van der Waals surface area contributed by atoms with Crippen LogP contribution < -0.4 is 10.6 Å². The molecule has 2 N–H and O–H groups in total. The van der Waals surface area contributed by atoms with Crippen molar-refractivity contribution in [2.45, 2.75) is 71.8 Å². The molecule has 166 valence electrons. The van der Waals surface area contributed by atoms with Crippen molar-refractivity contribution in [1.82, 2.24) is 20.4 Å². The minimum atomic E-state index is 0. The number of nitrogens with zero attached hydrogens (tertiary/aromatic N) is 3. The summed E-state index contributed by atoms with van der Waals surface area (Å²) in [6.45, 7) is 14.6. The van der Waals surface area contributed by atoms with E-state index in [1.165, 1.54) is 71.1 Å². The molecule has 2 fully saturated rings. The van der Waals surface area contributed by atoms with Crippen molar-refractivity contribution in [1.29, 1.82) is 0 Å². The lowest BCUT2D eigenvalue weighted by Crippen LogP contribution is -2.46. The van der Waals surface area contributed by atoms with Crippen LogP contribution in [0.2, 0.25) is 0 Å². The van der Waals surface area contributed by atoms with Crippen LogP contribution in [0.1, 0.15) is 65.7 Å². The van der Waals surface area contributed by atoms with Gasteiger partial charge in [0.1, 0.15) is 0 Å². The van der Waals surface area contributed by atoms with Crippen molar-refractivity contribution in [2.24, 2.45) is 16.8 Å². The predicted octanol–water partition coefficient (Wildman–Crippen LogP) is 3.79. The summed E-state index contributed by atoms with van der Waals surface area (Å²) < 4.78 is 0. The highest BCUT2D eigenvalue weighted by molar-refractivity contribution is 14.0. The number of halogens is 1. The van der Waals surface area contributed by atoms with Gasteiger partial charge in [-0.3, -0.25) is 4.99 Å². The molecule has 1 saturated heterocycles. The Bertz CT molecular complexity index is 417. The van der Waals surface area contributed by atoms with Gasteiger partial charge in [0.25, 0.3) is 0 Å². The summed E-state index contributed by atoms with van der Waals surface area (Å²) in [7, 11) is 2.22. The molecule has 0 aromatic rings. The average Bonchev–Trinajstić information content (AvgIpc) is 2.67. The van der Waals surface area contributed by atoms with E-state index in [0.717, 1.165) is 31.5 Å². The fourth-order valence-electron chi connectivity index (χ4n) is 4.36. The number of hydrogen-bond acceptors (Lipinski definition) is 3. The molecule has 6 heteroatoms. The smallest absolute Gasteiger partial charge is 0.191 e. The van der Waals surface area contributed by atoms with E-state index in [1.807, 2.05) is 0 Å². The molecule has 0 aromatic heterocycles. The number of aliphatic imine (C=N–C) groups is 1. The first-order valence-electron chi connectivity index (χ1n) is 11.5. The monoisotopic (exact) mass is 507 g/mol. The van der Waals surface area contributed by atoms with Gasteiger partial charge in [-0.25, -0.2) is 0 Å². The minimum absolute atomic E-state index is 0. The highest BCUT2D eigenvalue weighted by atomic mass is 127. The van der Waals surface area contributed by atoms with E-state index in [1.54, 1.807) is 0 Å². The van der Waals surface area contributed by atoms with E-state index in [-0.39, 0.29) is 24.0 Å². The Morgan fingerprint density at radius 2 is 1.75 bits per heavy atom. The molecule has 0 spiro atoms. The van der Waals surface area contributed by atoms with Crippen LogP contribution in [0.5, 0.6) is 0 Å². The van der Waals surface area contributed by atoms with Crippen LogP contribution >= 0.6 is 24.0 Å². The van der Waals surface area contributed by atoms with Crippen LogP contribution in [-0.2, 0) is 0 Å². The Labute approximate surface area is 191 Å². The van der Waals surface area contributed by atoms with E-state index in [2.05, 4.69) is 48.3 Å². The highest BCUT2D eigenvalue weighted by Gasteiger charge is 2.17. The second-order valence-corrected chi connectivity index (χ2v) is 9.06. The van der Waals surface area contributed by atoms with Gasteiger partial charge in [0, 0.05) is 51.9 Å². The maximum Gasteiger partial charge on any atom is 0.191 e. The number of hydrogen-bond donors (Lipinski definition) is 2. The van der Waals surface area contributed by atoms with Crippen molar-refractivity contribution < 1.29 is 0 Å². The van der Waals surface area contributed by atoms with Gasteiger partial charge in [-0.1, -0.05) is 39.0 Å². The lowest BCUT2D eigenvalue weighted by atomic mass is 9.85. The number of likely N-dealkylation sites (N-methyl/N-ethyl adjacent to an activating group) is 1. The molecule has 0 bridgehead atoms. The molecule has 28 heavy (non-hydrogen) atoms. The normalized spacial score (nSPS) is 22.4. The van der Waals surface area contributed by atoms with Crippen molar-refractivity contribution >= 4 is 29.9 Å². The number of piperazine rings is 1. The van der Waals surface area contributed by atoms with Crippen LogP contribution in [0.15, 0.2) is 4.99 Å². The Morgan fingerprint density at radius 3 is 2.39 bits per heavy atom. The summed E-state index contributed by atoms with van der Waals surface area (Å²) >= 11 is 0. The fraction of sp³-hybridized carbons (Fsp3) is 0.955. The van der Waals surface area contributed by atoms with Crippen molar-refractivity contribution in [3.05, 3.63) is 0 Å². The van der Waals surface area contributed by atoms with Crippen LogP contribution in [0.3, 0.4) is 0 Å². The first kappa shape index (κ1) is 26.0. The molecule has 0 radical (unpaired) electrons. The Hall–Kier alpha value is -0.0800. The standard InChI is InChI=1S/C22H45N5.HI/c1-5-23-22(25-20(3)11-12-21-9-7-6-8-10-21)24-17-19(2)18-27-15-13-26(4)14-16-27;/h19-21H,5-18H2,1-4H3,(H2,23,24,25);1H. The van der Waals surface area contributed by atoms with Gasteiger partial charge >= 0.3 is 0 Å². The second kappa shape index (κ2) is 14.8. The summed E-state index contributed by atoms with van der Waals surface area (Å²) in [4.78, 5) is 9.89. The van der Waals surface area contributed by atoms with E-state index in [9.17, 15) is 0 Å². The Morgan fingerprint density at radius 1 is 1.07 bits per heavy atom. The molecular weight excluding hydrogens is 461 g/mol. The van der Waals surface area contributed by atoms with Crippen LogP contribution in [-0.4, -0.2) is 74.7 Å². The van der Waals surface area contributed by atoms with Crippen molar-refractivity contribution in [3.63, 3.8) is 0 Å². The minimum Gasteiger partial charge on any atom is -0.357 e. The summed E-state index contributed by atoms with van der Waals surface area (Å²) in [5.41, 5.74) is 0. The molecule has 2 atom stereocenters. The maximum atomic E-state index is 4.89. The molecule has 2 aliphatic rings. The van der Waals surface area contributed by atoms with Gasteiger partial charge in [0.15, 0.2) is 5.96 Å². The van der Waals surface area contributed by atoms with Gasteiger partial charge in [0.05, 0.1) is 0 Å². The molecule has 0 aromatic carbocycles. The molecule has 5 nitrogen and oxygen atoms in total. The molecule has 1 aliphatic heterocycles. The molecule has 1 aliphatic carbocycles. The Balaban J connectivity index is 0.00000392. The second-order valence-electron chi connectivity index (χ2n) is 9.06. The fourth-order valence-corrected chi connectivity index (χ4v) is 4.36. The number of nitrogens with one attached hydrogen (secondary N) is 2. The van der Waals surface area contributed by atoms with E-state index < -0.39 is 0 Å². The predicted molar refractivity (Wildman–Crippen MR) is 133 cm³/mol. The van der Waals surface area contributed by atoms with Gasteiger partial charge < -0.3 is 20.4 Å². The average molecular weight is 508 g/mol. The molecule has 0 amide bonds. The van der Waals surface area contributed by atoms with Gasteiger partial charge in [-0.05, 0) is 45.6 Å². The molecule has 1 saturated carbocycles. The SMILES string of the molecule is CCNC(=NCC(C)CN1CCN(C)CC1)NC(C)CCC1CCCCC1.I. The first-order chi connectivity index (χ1) is 13.1. The van der Waals surface area contributed by atoms with Gasteiger partial charge in [-0.15, -0.1) is 24.0 Å². The third-order valence-corrected chi connectivity index (χ3v) is 6.19. The zero-order valence-corrected chi connectivity index (χ0v) is 21.2. The molecule has 2 rings (SSSR count). The van der Waals surface area contributed by atoms with E-state index >= 15 is 0 Å². The quantitative estimate of drug-likeness (QED) is 0.283.